The molecule has 0 heterocycles. The number of carboxylic acid groups (broad SMARTS) is 2. The zero-order chi connectivity index (χ0) is 9.98. The first-order chi connectivity index (χ1) is 5.54. The van der Waals surface area contributed by atoms with Gasteiger partial charge in [0, 0.05) is 25.8 Å². The predicted molar refractivity (Wildman–Crippen MR) is 50.7 cm³/mol. The van der Waals surface area contributed by atoms with Crippen molar-refractivity contribution in [2.75, 3.05) is 0 Å². The van der Waals surface area contributed by atoms with Crippen LogP contribution in [-0.2, 0) is 9.59 Å². The molecule has 0 saturated heterocycles. The van der Waals surface area contributed by atoms with Crippen LogP contribution in [0.4, 0.5) is 0 Å². The molecule has 5 heteroatoms. The van der Waals surface area contributed by atoms with E-state index in [0.29, 0.717) is 0 Å². The molecule has 0 aromatic heterocycles. The van der Waals surface area contributed by atoms with Crippen LogP contribution in [0.2, 0.25) is 0 Å². The second kappa shape index (κ2) is 13.9. The van der Waals surface area contributed by atoms with E-state index in [1.54, 1.807) is 0 Å². The molecule has 0 fully saturated rings. The summed E-state index contributed by atoms with van der Waals surface area (Å²) in [5.41, 5.74) is 0. The summed E-state index contributed by atoms with van der Waals surface area (Å²) in [7, 11) is 0. The van der Waals surface area contributed by atoms with Gasteiger partial charge in [-0.15, -0.1) is 13.2 Å². The summed E-state index contributed by atoms with van der Waals surface area (Å²) in [6, 6.07) is 0. The van der Waals surface area contributed by atoms with E-state index in [1.807, 2.05) is 0 Å². The van der Waals surface area contributed by atoms with Crippen LogP contribution in [0.15, 0.2) is 25.3 Å². The number of rotatable bonds is 4. The molecule has 0 aliphatic carbocycles. The van der Waals surface area contributed by atoms with Gasteiger partial charge in [0.15, 0.2) is 0 Å². The molecule has 0 bridgehead atoms. The Morgan fingerprint density at radius 2 is 1.23 bits per heavy atom. The van der Waals surface area contributed by atoms with E-state index >= 15 is 0 Å². The Kier molecular flexibility index (Phi) is 19.3. The zero-order valence-electron chi connectivity index (χ0n) is 7.27. The van der Waals surface area contributed by atoms with Gasteiger partial charge in [-0.25, -0.2) is 0 Å². The Morgan fingerprint density at radius 3 is 1.23 bits per heavy atom. The van der Waals surface area contributed by atoms with E-state index in [9.17, 15) is 9.59 Å². The monoisotopic (exact) mass is 287 g/mol. The molecule has 0 rings (SSSR count). The summed E-state index contributed by atoms with van der Waals surface area (Å²) in [6.07, 6.45) is 2.81. The van der Waals surface area contributed by atoms with Crippen LogP contribution in [0.3, 0.4) is 0 Å². The Bertz CT molecular complexity index is 157. The minimum absolute atomic E-state index is 0. The van der Waals surface area contributed by atoms with Gasteiger partial charge in [-0.2, -0.15) is 0 Å². The van der Waals surface area contributed by atoms with E-state index in [2.05, 4.69) is 13.2 Å². The van der Waals surface area contributed by atoms with Crippen molar-refractivity contribution in [3.8, 4) is 0 Å². The van der Waals surface area contributed by atoms with E-state index in [1.165, 1.54) is 12.2 Å². The molecule has 13 heavy (non-hydrogen) atoms. The molecule has 0 atom stereocenters. The maximum atomic E-state index is 9.53. The molecule has 0 unspecified atom stereocenters. The second-order valence-electron chi connectivity index (χ2n) is 1.77. The first-order valence-electron chi connectivity index (χ1n) is 3.20. The van der Waals surface area contributed by atoms with Crippen LogP contribution in [-0.4, -0.2) is 48.0 Å². The fourth-order valence-corrected chi connectivity index (χ4v) is 0.247. The predicted octanol–water partition coefficient (Wildman–Crippen LogP) is 0.913. The van der Waals surface area contributed by atoms with Crippen LogP contribution in [0.1, 0.15) is 12.8 Å². The molecule has 0 amide bonds. The summed E-state index contributed by atoms with van der Waals surface area (Å²) in [4.78, 5) is 19.1. The van der Waals surface area contributed by atoms with E-state index in [4.69, 9.17) is 10.2 Å². The van der Waals surface area contributed by atoms with Crippen molar-refractivity contribution >= 4 is 37.8 Å². The molecule has 0 aromatic rings. The fourth-order valence-electron chi connectivity index (χ4n) is 0.247. The van der Waals surface area contributed by atoms with Gasteiger partial charge in [-0.1, -0.05) is 12.2 Å². The SMILES string of the molecule is C=CCC(=O)O.C=CCC(=O)O.[In]. The smallest absolute Gasteiger partial charge is 0.307 e. The summed E-state index contributed by atoms with van der Waals surface area (Å²) < 4.78 is 0. The normalized spacial score (nSPS) is 6.77. The average Bonchev–Trinajstić information content (AvgIpc) is 1.87. The van der Waals surface area contributed by atoms with Crippen molar-refractivity contribution in [3.63, 3.8) is 0 Å². The number of hydrogen-bond donors (Lipinski definition) is 2. The van der Waals surface area contributed by atoms with Crippen molar-refractivity contribution in [2.45, 2.75) is 12.8 Å². The van der Waals surface area contributed by atoms with E-state index in [0.717, 1.165) is 0 Å². The molecule has 3 radical (unpaired) electrons. The minimum atomic E-state index is -0.829. The van der Waals surface area contributed by atoms with Gasteiger partial charge in [0.05, 0.1) is 12.8 Å². The van der Waals surface area contributed by atoms with Gasteiger partial charge in [0.2, 0.25) is 0 Å². The topological polar surface area (TPSA) is 74.6 Å². The number of aliphatic carboxylic acids is 2. The van der Waals surface area contributed by atoms with E-state index < -0.39 is 11.9 Å². The third kappa shape index (κ3) is 34.8. The van der Waals surface area contributed by atoms with Crippen molar-refractivity contribution in [3.05, 3.63) is 25.3 Å². The van der Waals surface area contributed by atoms with Crippen LogP contribution in [0, 0.1) is 0 Å². The Hall–Kier alpha value is -0.710. The largest absolute Gasteiger partial charge is 0.481 e. The molecule has 0 aliphatic heterocycles. The summed E-state index contributed by atoms with van der Waals surface area (Å²) >= 11 is 0. The Labute approximate surface area is 95.7 Å². The van der Waals surface area contributed by atoms with Gasteiger partial charge in [0.1, 0.15) is 0 Å². The van der Waals surface area contributed by atoms with Crippen LogP contribution < -0.4 is 0 Å². The molecular formula is C8H12InO4. The minimum Gasteiger partial charge on any atom is -0.481 e. The van der Waals surface area contributed by atoms with Crippen molar-refractivity contribution in [2.24, 2.45) is 0 Å². The van der Waals surface area contributed by atoms with Crippen molar-refractivity contribution < 1.29 is 19.8 Å². The van der Waals surface area contributed by atoms with Gasteiger partial charge in [-0.3, -0.25) is 9.59 Å². The van der Waals surface area contributed by atoms with Crippen LogP contribution in [0.25, 0.3) is 0 Å². The third-order valence-corrected chi connectivity index (χ3v) is 0.638. The zero-order valence-corrected chi connectivity index (χ0v) is 10.6. The maximum absolute atomic E-state index is 9.53. The van der Waals surface area contributed by atoms with E-state index in [-0.39, 0.29) is 38.7 Å². The molecule has 0 saturated carbocycles. The van der Waals surface area contributed by atoms with Gasteiger partial charge >= 0.3 is 11.9 Å². The first kappa shape index (κ1) is 18.2. The Balaban J connectivity index is -0.000000143. The standard InChI is InChI=1S/2C4H6O2.In/c2*1-2-3-4(5)6;/h2*2H,1,3H2,(H,5,6);. The summed E-state index contributed by atoms with van der Waals surface area (Å²) in [5.74, 6) is -1.66. The number of hydrogen-bond acceptors (Lipinski definition) is 2. The second-order valence-corrected chi connectivity index (χ2v) is 1.77. The molecular weight excluding hydrogens is 275 g/mol. The Morgan fingerprint density at radius 1 is 1.00 bits per heavy atom. The average molecular weight is 287 g/mol. The van der Waals surface area contributed by atoms with Gasteiger partial charge in [-0.05, 0) is 0 Å². The number of carbonyl (C=O) groups is 2. The third-order valence-electron chi connectivity index (χ3n) is 0.638. The van der Waals surface area contributed by atoms with Crippen molar-refractivity contribution in [1.29, 1.82) is 0 Å². The number of carboxylic acids is 2. The first-order valence-corrected chi connectivity index (χ1v) is 3.20. The molecule has 4 nitrogen and oxygen atoms in total. The van der Waals surface area contributed by atoms with Crippen LogP contribution >= 0.6 is 0 Å². The van der Waals surface area contributed by atoms with Crippen molar-refractivity contribution in [1.82, 2.24) is 0 Å². The molecule has 71 valence electrons. The molecule has 2 N–H and O–H groups in total. The maximum Gasteiger partial charge on any atom is 0.307 e. The van der Waals surface area contributed by atoms with Gasteiger partial charge < -0.3 is 10.2 Å². The summed E-state index contributed by atoms with van der Waals surface area (Å²) in [5, 5.41) is 15.7. The quantitative estimate of drug-likeness (QED) is 0.754. The molecule has 0 aromatic carbocycles. The molecule has 0 spiro atoms. The summed E-state index contributed by atoms with van der Waals surface area (Å²) in [6.45, 7) is 6.44. The van der Waals surface area contributed by atoms with Crippen LogP contribution in [0.5, 0.6) is 0 Å². The van der Waals surface area contributed by atoms with Gasteiger partial charge in [0.25, 0.3) is 0 Å². The fraction of sp³-hybridized carbons (Fsp3) is 0.250. The molecule has 0 aliphatic rings.